The highest BCUT2D eigenvalue weighted by molar-refractivity contribution is 5.05. The van der Waals surface area contributed by atoms with Gasteiger partial charge in [0, 0.05) is 17.0 Å². The summed E-state index contributed by atoms with van der Waals surface area (Å²) in [6.07, 6.45) is 1.35. The molecule has 1 heterocycles. The lowest BCUT2D eigenvalue weighted by atomic mass is 9.76. The molecule has 0 aromatic carbocycles. The van der Waals surface area contributed by atoms with Crippen molar-refractivity contribution in [1.82, 2.24) is 5.06 Å². The van der Waals surface area contributed by atoms with Crippen LogP contribution in [0.1, 0.15) is 40.5 Å². The van der Waals surface area contributed by atoms with Gasteiger partial charge < -0.3 is 10.3 Å². The Labute approximate surface area is 79.9 Å². The van der Waals surface area contributed by atoms with Crippen molar-refractivity contribution in [2.45, 2.75) is 51.6 Å². The maximum absolute atomic E-state index is 11.8. The molecule has 0 aliphatic carbocycles. The molecule has 3 nitrogen and oxygen atoms in total. The number of hydrogen-bond donors (Lipinski definition) is 0. The fourth-order valence-electron chi connectivity index (χ4n) is 2.35. The summed E-state index contributed by atoms with van der Waals surface area (Å²) in [6.45, 7) is 7.63. The van der Waals surface area contributed by atoms with Gasteiger partial charge in [-0.05, 0) is 40.5 Å². The van der Waals surface area contributed by atoms with E-state index < -0.39 is 11.1 Å². The van der Waals surface area contributed by atoms with Gasteiger partial charge in [0.15, 0.2) is 0 Å². The summed E-state index contributed by atoms with van der Waals surface area (Å²) in [5.41, 5.74) is -0.801. The van der Waals surface area contributed by atoms with Gasteiger partial charge in [-0.3, -0.25) is 0 Å². The van der Waals surface area contributed by atoms with Crippen molar-refractivity contribution in [3.63, 3.8) is 0 Å². The highest BCUT2D eigenvalue weighted by atomic mass is 16.5. The molecule has 0 atom stereocenters. The molecule has 0 aromatic heterocycles. The number of hydrogen-bond acceptors (Lipinski definition) is 3. The molecule has 0 radical (unpaired) electrons. The van der Waals surface area contributed by atoms with Crippen molar-refractivity contribution < 1.29 is 0 Å². The van der Waals surface area contributed by atoms with Gasteiger partial charge in [0.25, 0.3) is 0 Å². The normalized spacial score (nSPS) is 28.3. The first-order valence-corrected chi connectivity index (χ1v) is 4.67. The predicted octanol–water partition coefficient (Wildman–Crippen LogP) is 2.28. The van der Waals surface area contributed by atoms with Crippen molar-refractivity contribution in [2.24, 2.45) is 5.92 Å². The van der Waals surface area contributed by atoms with Gasteiger partial charge in [-0.1, -0.05) is 0 Å². The monoisotopic (exact) mass is 181 g/mol. The van der Waals surface area contributed by atoms with Crippen LogP contribution in [0.2, 0.25) is 0 Å². The Kier molecular flexibility index (Phi) is 2.40. The molecular formula is C10H17N2O-. The summed E-state index contributed by atoms with van der Waals surface area (Å²) >= 11 is 0. The van der Waals surface area contributed by atoms with Crippen LogP contribution in [0.4, 0.5) is 0 Å². The van der Waals surface area contributed by atoms with Crippen molar-refractivity contribution >= 4 is 0 Å². The molecule has 1 aliphatic rings. The highest BCUT2D eigenvalue weighted by Gasteiger charge is 2.39. The minimum Gasteiger partial charge on any atom is -0.784 e. The van der Waals surface area contributed by atoms with E-state index in [0.717, 1.165) is 5.06 Å². The quantitative estimate of drug-likeness (QED) is 0.576. The molecule has 13 heavy (non-hydrogen) atoms. The molecule has 0 spiro atoms. The van der Waals surface area contributed by atoms with Crippen LogP contribution in [0.3, 0.4) is 0 Å². The van der Waals surface area contributed by atoms with E-state index in [2.05, 4.69) is 6.07 Å². The Morgan fingerprint density at radius 1 is 1.23 bits per heavy atom. The summed E-state index contributed by atoms with van der Waals surface area (Å²) in [5, 5.41) is 21.9. The van der Waals surface area contributed by atoms with Crippen LogP contribution < -0.4 is 0 Å². The first kappa shape index (κ1) is 10.5. The van der Waals surface area contributed by atoms with Crippen molar-refractivity contribution in [1.29, 1.82) is 5.26 Å². The van der Waals surface area contributed by atoms with Gasteiger partial charge >= 0.3 is 0 Å². The van der Waals surface area contributed by atoms with E-state index in [-0.39, 0.29) is 5.92 Å². The molecule has 0 N–H and O–H groups in total. The zero-order valence-electron chi connectivity index (χ0n) is 8.79. The van der Waals surface area contributed by atoms with Crippen LogP contribution in [0.15, 0.2) is 0 Å². The summed E-state index contributed by atoms with van der Waals surface area (Å²) < 4.78 is 0. The Balaban J connectivity index is 2.90. The first-order chi connectivity index (χ1) is 5.79. The van der Waals surface area contributed by atoms with Crippen molar-refractivity contribution in [3.05, 3.63) is 5.21 Å². The summed E-state index contributed by atoms with van der Waals surface area (Å²) in [4.78, 5) is 0. The molecule has 1 rings (SSSR count). The molecule has 1 fully saturated rings. The summed E-state index contributed by atoms with van der Waals surface area (Å²) in [7, 11) is 0. The fourth-order valence-corrected chi connectivity index (χ4v) is 2.35. The van der Waals surface area contributed by atoms with Crippen molar-refractivity contribution in [3.8, 4) is 6.07 Å². The maximum Gasteiger partial charge on any atom is 0.0657 e. The first-order valence-electron chi connectivity index (χ1n) is 4.67. The van der Waals surface area contributed by atoms with Crippen LogP contribution >= 0.6 is 0 Å². The van der Waals surface area contributed by atoms with E-state index in [9.17, 15) is 5.21 Å². The molecule has 0 unspecified atom stereocenters. The minimum absolute atomic E-state index is 0.0233. The zero-order chi connectivity index (χ0) is 10.3. The minimum atomic E-state index is -0.401. The SMILES string of the molecule is CC1(C)CC(C#N)CC(C)(C)N1[O-]. The van der Waals surface area contributed by atoms with E-state index >= 15 is 0 Å². The lowest BCUT2D eigenvalue weighted by molar-refractivity contribution is 0.00215. The van der Waals surface area contributed by atoms with Crippen LogP contribution in [-0.2, 0) is 0 Å². The van der Waals surface area contributed by atoms with Gasteiger partial charge in [0.1, 0.15) is 0 Å². The van der Waals surface area contributed by atoms with Crippen molar-refractivity contribution in [2.75, 3.05) is 0 Å². The molecule has 0 amide bonds. The average molecular weight is 181 g/mol. The van der Waals surface area contributed by atoms with E-state index in [1.54, 1.807) is 0 Å². The van der Waals surface area contributed by atoms with E-state index in [0.29, 0.717) is 12.8 Å². The lowest BCUT2D eigenvalue weighted by Gasteiger charge is -2.59. The van der Waals surface area contributed by atoms with E-state index in [1.807, 2.05) is 27.7 Å². The topological polar surface area (TPSA) is 50.1 Å². The number of rotatable bonds is 0. The molecule has 0 saturated carbocycles. The van der Waals surface area contributed by atoms with Gasteiger partial charge in [0.05, 0.1) is 6.07 Å². The molecule has 3 heteroatoms. The largest absolute Gasteiger partial charge is 0.784 e. The van der Waals surface area contributed by atoms with Crippen LogP contribution in [0.5, 0.6) is 0 Å². The third kappa shape index (κ3) is 1.84. The van der Waals surface area contributed by atoms with E-state index in [1.165, 1.54) is 0 Å². The average Bonchev–Trinajstić information content (AvgIpc) is 1.99. The van der Waals surface area contributed by atoms with Crippen LogP contribution in [0.25, 0.3) is 0 Å². The summed E-state index contributed by atoms with van der Waals surface area (Å²) in [5.74, 6) is 0.0233. The number of nitrogens with zero attached hydrogens (tertiary/aromatic N) is 2. The Morgan fingerprint density at radius 2 is 1.62 bits per heavy atom. The molecule has 1 aliphatic heterocycles. The van der Waals surface area contributed by atoms with Gasteiger partial charge in [-0.25, -0.2) is 0 Å². The molecular weight excluding hydrogens is 164 g/mol. The number of piperidine rings is 1. The highest BCUT2D eigenvalue weighted by Crippen LogP contribution is 2.39. The zero-order valence-corrected chi connectivity index (χ0v) is 8.79. The predicted molar refractivity (Wildman–Crippen MR) is 51.7 cm³/mol. The van der Waals surface area contributed by atoms with Crippen LogP contribution in [-0.4, -0.2) is 16.1 Å². The molecule has 0 aromatic rings. The fraction of sp³-hybridized carbons (Fsp3) is 0.900. The second kappa shape index (κ2) is 2.97. The Hall–Kier alpha value is -0.590. The van der Waals surface area contributed by atoms with E-state index in [4.69, 9.17) is 5.26 Å². The Morgan fingerprint density at radius 3 is 1.92 bits per heavy atom. The lowest BCUT2D eigenvalue weighted by Crippen LogP contribution is -2.57. The van der Waals surface area contributed by atoms with Gasteiger partial charge in [-0.15, -0.1) is 0 Å². The smallest absolute Gasteiger partial charge is 0.0657 e. The second-order valence-electron chi connectivity index (χ2n) is 5.15. The molecule has 74 valence electrons. The summed E-state index contributed by atoms with van der Waals surface area (Å²) in [6, 6.07) is 2.27. The second-order valence-corrected chi connectivity index (χ2v) is 5.15. The Bertz CT molecular complexity index is 222. The molecule has 0 bridgehead atoms. The third-order valence-electron chi connectivity index (χ3n) is 2.77. The number of nitriles is 1. The van der Waals surface area contributed by atoms with Crippen LogP contribution in [0, 0.1) is 22.5 Å². The third-order valence-corrected chi connectivity index (χ3v) is 2.77. The van der Waals surface area contributed by atoms with Gasteiger partial charge in [-0.2, -0.15) is 5.26 Å². The van der Waals surface area contributed by atoms with Gasteiger partial charge in [0.2, 0.25) is 0 Å². The molecule has 1 saturated heterocycles. The standard InChI is InChI=1S/C10H17N2O/c1-9(2)5-8(7-11)6-10(3,4)12(9)13/h8H,5-6H2,1-4H3/q-1. The maximum atomic E-state index is 11.8. The number of hydroxylamine groups is 2.